The van der Waals surface area contributed by atoms with E-state index < -0.39 is 18.0 Å². The van der Waals surface area contributed by atoms with Crippen LogP contribution in [0.2, 0.25) is 0 Å². The summed E-state index contributed by atoms with van der Waals surface area (Å²) in [6, 6.07) is 2.50. The molecule has 2 N–H and O–H groups in total. The third-order valence-electron chi connectivity index (χ3n) is 4.00. The van der Waals surface area contributed by atoms with Crippen molar-refractivity contribution in [3.8, 4) is 11.5 Å². The van der Waals surface area contributed by atoms with Gasteiger partial charge in [0, 0.05) is 5.70 Å². The lowest BCUT2D eigenvalue weighted by Crippen LogP contribution is -2.45. The quantitative estimate of drug-likeness (QED) is 0.515. The summed E-state index contributed by atoms with van der Waals surface area (Å²) in [4.78, 5) is 24.1. The zero-order valence-corrected chi connectivity index (χ0v) is 16.9. The molecule has 1 aliphatic heterocycles. The summed E-state index contributed by atoms with van der Waals surface area (Å²) in [7, 11) is 2.85. The molecule has 1 aromatic carbocycles. The number of unbranched alkanes of at least 4 members (excludes halogenated alkanes) is 1. The molecule has 142 valence electrons. The van der Waals surface area contributed by atoms with Crippen LogP contribution in [0.5, 0.6) is 11.5 Å². The van der Waals surface area contributed by atoms with Crippen molar-refractivity contribution in [1.82, 2.24) is 10.6 Å². The first kappa shape index (κ1) is 20.1. The van der Waals surface area contributed by atoms with Gasteiger partial charge in [0.1, 0.15) is 0 Å². The standard InChI is InChI=1S/C18H23BrN2O5/c1-5-6-7-26-16-12(19)8-11(9-13(16)24-3)15-14(17(22)25-4)10(2)20-18(23)21-15/h8-9,15H,5-7H2,1-4H3,(H2,20,21,23). The number of nitrogens with one attached hydrogen (secondary N) is 2. The number of urea groups is 1. The molecular weight excluding hydrogens is 404 g/mol. The zero-order valence-electron chi connectivity index (χ0n) is 15.3. The highest BCUT2D eigenvalue weighted by molar-refractivity contribution is 9.10. The second kappa shape index (κ2) is 8.93. The van der Waals surface area contributed by atoms with Crippen molar-refractivity contribution < 1.29 is 23.8 Å². The van der Waals surface area contributed by atoms with Crippen molar-refractivity contribution in [2.45, 2.75) is 32.7 Å². The van der Waals surface area contributed by atoms with E-state index in [1.54, 1.807) is 26.2 Å². The zero-order chi connectivity index (χ0) is 19.3. The van der Waals surface area contributed by atoms with Gasteiger partial charge in [-0.1, -0.05) is 13.3 Å². The van der Waals surface area contributed by atoms with Gasteiger partial charge in [-0.25, -0.2) is 9.59 Å². The number of carbonyl (C=O) groups is 2. The minimum atomic E-state index is -0.661. The Morgan fingerprint density at radius 1 is 1.31 bits per heavy atom. The summed E-state index contributed by atoms with van der Waals surface area (Å²) < 4.78 is 16.8. The molecule has 0 saturated carbocycles. The van der Waals surface area contributed by atoms with Crippen LogP contribution in [0.25, 0.3) is 0 Å². The number of methoxy groups -OCH3 is 2. The second-order valence-corrected chi connectivity index (χ2v) is 6.65. The number of halogens is 1. The summed E-state index contributed by atoms with van der Waals surface area (Å²) >= 11 is 3.50. The van der Waals surface area contributed by atoms with E-state index in [2.05, 4.69) is 33.5 Å². The van der Waals surface area contributed by atoms with Gasteiger partial charge in [-0.15, -0.1) is 0 Å². The van der Waals surface area contributed by atoms with Crippen molar-refractivity contribution in [2.75, 3.05) is 20.8 Å². The van der Waals surface area contributed by atoms with E-state index in [1.165, 1.54) is 7.11 Å². The normalized spacial score (nSPS) is 16.7. The number of allylic oxidation sites excluding steroid dienone is 1. The third kappa shape index (κ3) is 4.30. The number of amides is 2. The van der Waals surface area contributed by atoms with Crippen molar-refractivity contribution in [1.29, 1.82) is 0 Å². The van der Waals surface area contributed by atoms with Crippen LogP contribution in [0.1, 0.15) is 38.3 Å². The Kier molecular flexibility index (Phi) is 6.90. The lowest BCUT2D eigenvalue weighted by atomic mass is 9.95. The molecule has 0 aliphatic carbocycles. The molecule has 0 bridgehead atoms. The molecule has 1 aliphatic rings. The molecule has 0 radical (unpaired) electrons. The van der Waals surface area contributed by atoms with Crippen LogP contribution in [0.4, 0.5) is 4.79 Å². The average molecular weight is 427 g/mol. The van der Waals surface area contributed by atoms with Crippen LogP contribution in [0.3, 0.4) is 0 Å². The number of esters is 1. The Balaban J connectivity index is 2.46. The van der Waals surface area contributed by atoms with Gasteiger partial charge in [0.25, 0.3) is 0 Å². The molecule has 2 amide bonds. The van der Waals surface area contributed by atoms with Crippen molar-refractivity contribution in [2.24, 2.45) is 0 Å². The minimum Gasteiger partial charge on any atom is -0.493 e. The van der Waals surface area contributed by atoms with Gasteiger partial charge in [-0.05, 0) is 47.0 Å². The molecule has 0 saturated heterocycles. The molecule has 0 spiro atoms. The highest BCUT2D eigenvalue weighted by Gasteiger charge is 2.32. The van der Waals surface area contributed by atoms with E-state index in [4.69, 9.17) is 14.2 Å². The van der Waals surface area contributed by atoms with Crippen LogP contribution in [-0.2, 0) is 9.53 Å². The van der Waals surface area contributed by atoms with Gasteiger partial charge < -0.3 is 24.8 Å². The first-order chi connectivity index (χ1) is 12.4. The van der Waals surface area contributed by atoms with Crippen LogP contribution in [0.15, 0.2) is 27.9 Å². The topological polar surface area (TPSA) is 85.9 Å². The fourth-order valence-electron chi connectivity index (χ4n) is 2.69. The van der Waals surface area contributed by atoms with E-state index >= 15 is 0 Å². The summed E-state index contributed by atoms with van der Waals surface area (Å²) in [5, 5.41) is 5.35. The average Bonchev–Trinajstić information content (AvgIpc) is 2.61. The van der Waals surface area contributed by atoms with Gasteiger partial charge in [0.2, 0.25) is 0 Å². The van der Waals surface area contributed by atoms with Crippen molar-refractivity contribution >= 4 is 27.9 Å². The largest absolute Gasteiger partial charge is 0.493 e. The van der Waals surface area contributed by atoms with E-state index in [-0.39, 0.29) is 0 Å². The maximum Gasteiger partial charge on any atom is 0.337 e. The molecule has 7 nitrogen and oxygen atoms in total. The number of benzene rings is 1. The molecule has 2 rings (SSSR count). The van der Waals surface area contributed by atoms with Gasteiger partial charge in [-0.3, -0.25) is 0 Å². The Morgan fingerprint density at radius 2 is 2.04 bits per heavy atom. The first-order valence-electron chi connectivity index (χ1n) is 8.29. The maximum atomic E-state index is 12.2. The van der Waals surface area contributed by atoms with Gasteiger partial charge in [0.05, 0.1) is 36.9 Å². The fourth-order valence-corrected chi connectivity index (χ4v) is 3.26. The van der Waals surface area contributed by atoms with E-state index in [0.717, 1.165) is 12.8 Å². The molecule has 1 atom stereocenters. The molecule has 1 heterocycles. The number of hydrogen-bond donors (Lipinski definition) is 2. The molecule has 0 fully saturated rings. The SMILES string of the molecule is CCCCOc1c(Br)cc(C2NC(=O)NC(C)=C2C(=O)OC)cc1OC. The second-order valence-electron chi connectivity index (χ2n) is 5.80. The van der Waals surface area contributed by atoms with E-state index in [9.17, 15) is 9.59 Å². The van der Waals surface area contributed by atoms with Crippen molar-refractivity contribution in [3.63, 3.8) is 0 Å². The monoisotopic (exact) mass is 426 g/mol. The lowest BCUT2D eigenvalue weighted by molar-refractivity contribution is -0.136. The van der Waals surface area contributed by atoms with E-state index in [1.807, 2.05) is 0 Å². The number of rotatable bonds is 7. The Bertz CT molecular complexity index is 733. The number of ether oxygens (including phenoxy) is 3. The summed E-state index contributed by atoms with van der Waals surface area (Å²) in [5.74, 6) is 0.587. The summed E-state index contributed by atoms with van der Waals surface area (Å²) in [6.07, 6.45) is 1.95. The number of hydrogen-bond acceptors (Lipinski definition) is 5. The summed E-state index contributed by atoms with van der Waals surface area (Å²) in [6.45, 7) is 4.31. The molecule has 1 aromatic rings. The first-order valence-corrected chi connectivity index (χ1v) is 9.09. The Hall–Kier alpha value is -2.22. The van der Waals surface area contributed by atoms with Crippen LogP contribution < -0.4 is 20.1 Å². The fraction of sp³-hybridized carbons (Fsp3) is 0.444. The Morgan fingerprint density at radius 3 is 2.65 bits per heavy atom. The molecular formula is C18H23BrN2O5. The van der Waals surface area contributed by atoms with Crippen LogP contribution >= 0.6 is 15.9 Å². The molecule has 0 aromatic heterocycles. The highest BCUT2D eigenvalue weighted by atomic mass is 79.9. The van der Waals surface area contributed by atoms with Gasteiger partial charge >= 0.3 is 12.0 Å². The van der Waals surface area contributed by atoms with Gasteiger partial charge in [-0.2, -0.15) is 0 Å². The molecule has 26 heavy (non-hydrogen) atoms. The van der Waals surface area contributed by atoms with Crippen molar-refractivity contribution in [3.05, 3.63) is 33.4 Å². The number of carbonyl (C=O) groups excluding carboxylic acids is 2. The molecule has 1 unspecified atom stereocenters. The predicted molar refractivity (Wildman–Crippen MR) is 100 cm³/mol. The molecule has 8 heteroatoms. The predicted octanol–water partition coefficient (Wildman–Crippen LogP) is 3.44. The van der Waals surface area contributed by atoms with Gasteiger partial charge in [0.15, 0.2) is 11.5 Å². The highest BCUT2D eigenvalue weighted by Crippen LogP contribution is 2.40. The van der Waals surface area contributed by atoms with Crippen LogP contribution in [-0.4, -0.2) is 32.8 Å². The van der Waals surface area contributed by atoms with E-state index in [0.29, 0.717) is 39.4 Å². The third-order valence-corrected chi connectivity index (χ3v) is 4.59. The summed E-state index contributed by atoms with van der Waals surface area (Å²) in [5.41, 5.74) is 1.45. The minimum absolute atomic E-state index is 0.334. The Labute approximate surface area is 161 Å². The maximum absolute atomic E-state index is 12.2. The van der Waals surface area contributed by atoms with Crippen LogP contribution in [0, 0.1) is 0 Å². The lowest BCUT2D eigenvalue weighted by Gasteiger charge is -2.28. The smallest absolute Gasteiger partial charge is 0.337 e.